The molecule has 60 heavy (non-hydrogen) atoms. The van der Waals surface area contributed by atoms with Gasteiger partial charge in [0.15, 0.2) is 0 Å². The third-order valence-corrected chi connectivity index (χ3v) is 12.2. The molecule has 294 valence electrons. The number of aromatic nitrogens is 2. The quantitative estimate of drug-likeness (QED) is 0.154. The van der Waals surface area contributed by atoms with Gasteiger partial charge in [-0.1, -0.05) is 132 Å². The summed E-state index contributed by atoms with van der Waals surface area (Å²) < 4.78 is 9.05. The lowest BCUT2D eigenvalue weighted by Crippen LogP contribution is -2.25. The molecule has 1 aliphatic rings. The van der Waals surface area contributed by atoms with Crippen molar-refractivity contribution in [2.24, 2.45) is 0 Å². The summed E-state index contributed by atoms with van der Waals surface area (Å²) in [6, 6.07) is 65.0. The van der Waals surface area contributed by atoms with Gasteiger partial charge in [-0.15, -0.1) is 0 Å². The summed E-state index contributed by atoms with van der Waals surface area (Å²) in [6.45, 7) is 12.0. The summed E-state index contributed by atoms with van der Waals surface area (Å²) in [6.07, 6.45) is 1.93. The Morgan fingerprint density at radius 3 is 1.85 bits per heavy atom. The molecule has 10 rings (SSSR count). The average Bonchev–Trinajstić information content (AvgIpc) is 3.83. The van der Waals surface area contributed by atoms with Gasteiger partial charge in [-0.2, -0.15) is 0 Å². The van der Waals surface area contributed by atoms with E-state index in [9.17, 15) is 0 Å². The van der Waals surface area contributed by atoms with Gasteiger partial charge in [0.25, 0.3) is 0 Å². The second-order valence-electron chi connectivity index (χ2n) is 17.4. The number of para-hydroxylation sites is 2. The molecule has 7 aromatic carbocycles. The summed E-state index contributed by atoms with van der Waals surface area (Å²) in [5.41, 5.74) is 12.7. The second-order valence-corrected chi connectivity index (χ2v) is 17.4. The molecule has 0 saturated carbocycles. The van der Waals surface area contributed by atoms with E-state index in [1.807, 2.05) is 12.3 Å². The van der Waals surface area contributed by atoms with Crippen molar-refractivity contribution in [1.29, 1.82) is 0 Å². The number of nitrogens with zero attached hydrogens (tertiary/aromatic N) is 4. The highest BCUT2D eigenvalue weighted by atomic mass is 16.5. The molecule has 1 aliphatic heterocycles. The van der Waals surface area contributed by atoms with Crippen molar-refractivity contribution in [3.63, 3.8) is 0 Å². The van der Waals surface area contributed by atoms with Crippen LogP contribution in [-0.4, -0.2) is 16.2 Å². The van der Waals surface area contributed by atoms with E-state index in [0.717, 1.165) is 45.1 Å². The molecular formula is C55H48N4O. The van der Waals surface area contributed by atoms with Gasteiger partial charge in [0.2, 0.25) is 0 Å². The predicted octanol–water partition coefficient (Wildman–Crippen LogP) is 14.5. The third-order valence-electron chi connectivity index (χ3n) is 12.2. The average molecular weight is 781 g/mol. The van der Waals surface area contributed by atoms with Crippen LogP contribution in [0.15, 0.2) is 188 Å². The van der Waals surface area contributed by atoms with Gasteiger partial charge in [-0.25, -0.2) is 4.98 Å². The van der Waals surface area contributed by atoms with E-state index in [2.05, 4.69) is 225 Å². The first-order valence-corrected chi connectivity index (χ1v) is 20.8. The van der Waals surface area contributed by atoms with Crippen molar-refractivity contribution >= 4 is 44.6 Å². The number of rotatable bonds is 8. The maximum atomic E-state index is 6.77. The van der Waals surface area contributed by atoms with Crippen LogP contribution in [0, 0.1) is 0 Å². The van der Waals surface area contributed by atoms with Crippen LogP contribution in [0.25, 0.3) is 38.8 Å². The first-order valence-electron chi connectivity index (χ1n) is 20.8. The molecule has 0 N–H and O–H groups in total. The number of ether oxygens (including phenoxy) is 1. The Balaban J connectivity index is 1.00. The molecule has 0 amide bonds. The zero-order valence-electron chi connectivity index (χ0n) is 34.8. The highest BCUT2D eigenvalue weighted by molar-refractivity contribution is 6.10. The molecule has 0 unspecified atom stereocenters. The Bertz CT molecular complexity index is 3010. The zero-order valence-corrected chi connectivity index (χ0v) is 34.8. The lowest BCUT2D eigenvalue weighted by atomic mass is 9.78. The first kappa shape index (κ1) is 37.2. The molecule has 0 aliphatic carbocycles. The lowest BCUT2D eigenvalue weighted by molar-refractivity contribution is 0.483. The summed E-state index contributed by atoms with van der Waals surface area (Å²) in [7, 11) is 0. The van der Waals surface area contributed by atoms with E-state index >= 15 is 0 Å². The molecule has 2 aromatic heterocycles. The molecular weight excluding hydrogens is 733 g/mol. The van der Waals surface area contributed by atoms with Crippen molar-refractivity contribution in [2.45, 2.75) is 45.4 Å². The maximum absolute atomic E-state index is 6.77. The molecule has 9 aromatic rings. The van der Waals surface area contributed by atoms with Gasteiger partial charge in [0, 0.05) is 45.9 Å². The minimum atomic E-state index is -0.142. The van der Waals surface area contributed by atoms with E-state index in [1.54, 1.807) is 0 Å². The van der Waals surface area contributed by atoms with E-state index in [0.29, 0.717) is 6.67 Å². The van der Waals surface area contributed by atoms with E-state index in [4.69, 9.17) is 9.72 Å². The standard InChI is InChI=1S/C55H48N4O/c1-54(2,3)41-30-31-56-53(34-41)59-49-29-26-39(38-16-8-6-9-17-38)32-48(49)47-28-27-46(36-52(47)59)60-45-23-15-22-44(35-45)58-37-57(50-24-12-13-25-51(50)58)43-21-14-20-42(33-43)55(4,5)40-18-10-7-11-19-40/h6-36H,37H2,1-5H3. The first-order chi connectivity index (χ1) is 29.1. The van der Waals surface area contributed by atoms with E-state index in [1.165, 1.54) is 44.6 Å². The minimum absolute atomic E-state index is 0.0214. The largest absolute Gasteiger partial charge is 0.457 e. The fraction of sp³-hybridized carbons (Fsp3) is 0.145. The SMILES string of the molecule is CC(C)(C)c1ccnc(-n2c3ccc(-c4ccccc4)cc3c3ccc(Oc4cccc(N5CN(c6cccc(C(C)(C)c7ccccc7)c6)c6ccccc65)c4)cc32)c1. The Morgan fingerprint density at radius 2 is 1.12 bits per heavy atom. The summed E-state index contributed by atoms with van der Waals surface area (Å²) in [5.74, 6) is 2.43. The van der Waals surface area contributed by atoms with Gasteiger partial charge in [-0.3, -0.25) is 4.57 Å². The van der Waals surface area contributed by atoms with Crippen molar-refractivity contribution in [2.75, 3.05) is 16.5 Å². The molecule has 0 fully saturated rings. The van der Waals surface area contributed by atoms with E-state index in [-0.39, 0.29) is 10.8 Å². The summed E-state index contributed by atoms with van der Waals surface area (Å²) >= 11 is 0. The molecule has 5 nitrogen and oxygen atoms in total. The highest BCUT2D eigenvalue weighted by Crippen LogP contribution is 2.46. The van der Waals surface area contributed by atoms with Gasteiger partial charge in [-0.05, 0) is 106 Å². The Kier molecular flexibility index (Phi) is 9.06. The van der Waals surface area contributed by atoms with Gasteiger partial charge < -0.3 is 14.5 Å². The molecule has 0 atom stereocenters. The molecule has 5 heteroatoms. The molecule has 0 radical (unpaired) electrons. The fourth-order valence-electron chi connectivity index (χ4n) is 8.72. The topological polar surface area (TPSA) is 33.5 Å². The number of fused-ring (bicyclic) bond motifs is 4. The maximum Gasteiger partial charge on any atom is 0.137 e. The van der Waals surface area contributed by atoms with Crippen LogP contribution in [0.2, 0.25) is 0 Å². The second kappa shape index (κ2) is 14.6. The monoisotopic (exact) mass is 780 g/mol. The normalized spacial score (nSPS) is 12.9. The van der Waals surface area contributed by atoms with Gasteiger partial charge in [0.1, 0.15) is 24.0 Å². The number of hydrogen-bond donors (Lipinski definition) is 0. The van der Waals surface area contributed by atoms with Crippen LogP contribution in [0.1, 0.15) is 51.3 Å². The highest BCUT2D eigenvalue weighted by Gasteiger charge is 2.30. The van der Waals surface area contributed by atoms with Crippen LogP contribution in [0.3, 0.4) is 0 Å². The molecule has 0 bridgehead atoms. The Hall–Kier alpha value is -7.11. The van der Waals surface area contributed by atoms with E-state index < -0.39 is 0 Å². The fourth-order valence-corrected chi connectivity index (χ4v) is 8.72. The third kappa shape index (κ3) is 6.66. The van der Waals surface area contributed by atoms with Gasteiger partial charge in [0.05, 0.1) is 22.4 Å². The molecule has 0 saturated heterocycles. The van der Waals surface area contributed by atoms with Gasteiger partial charge >= 0.3 is 0 Å². The molecule has 3 heterocycles. The summed E-state index contributed by atoms with van der Waals surface area (Å²) in [4.78, 5) is 9.72. The van der Waals surface area contributed by atoms with Crippen LogP contribution < -0.4 is 14.5 Å². The number of anilines is 4. The van der Waals surface area contributed by atoms with Crippen molar-refractivity contribution in [3.05, 3.63) is 205 Å². The smallest absolute Gasteiger partial charge is 0.137 e. The van der Waals surface area contributed by atoms with Crippen molar-refractivity contribution in [1.82, 2.24) is 9.55 Å². The lowest BCUT2D eigenvalue weighted by Gasteiger charge is -2.28. The van der Waals surface area contributed by atoms with Crippen LogP contribution in [-0.2, 0) is 10.8 Å². The predicted molar refractivity (Wildman–Crippen MR) is 250 cm³/mol. The number of hydrogen-bond acceptors (Lipinski definition) is 4. The zero-order chi connectivity index (χ0) is 41.0. The molecule has 0 spiro atoms. The Morgan fingerprint density at radius 1 is 0.467 bits per heavy atom. The van der Waals surface area contributed by atoms with Crippen LogP contribution in [0.4, 0.5) is 22.7 Å². The summed E-state index contributed by atoms with van der Waals surface area (Å²) in [5, 5.41) is 2.33. The van der Waals surface area contributed by atoms with Crippen molar-refractivity contribution in [3.8, 4) is 28.4 Å². The Labute approximate surface area is 352 Å². The van der Waals surface area contributed by atoms with Crippen molar-refractivity contribution < 1.29 is 4.74 Å². The van der Waals surface area contributed by atoms with Crippen LogP contribution in [0.5, 0.6) is 11.5 Å². The minimum Gasteiger partial charge on any atom is -0.457 e. The number of benzene rings is 7. The van der Waals surface area contributed by atoms with Crippen LogP contribution >= 0.6 is 0 Å². The number of pyridine rings is 1.